The van der Waals surface area contributed by atoms with E-state index in [1.54, 1.807) is 4.68 Å². The van der Waals surface area contributed by atoms with E-state index in [2.05, 4.69) is 34.2 Å². The SMILES string of the molecule is CC(C)c1ccc(NC(=O)CSc2nc3c(cnn3-c3ccccc3)c(=O)[nH]2)cc1. The van der Waals surface area contributed by atoms with Crippen molar-refractivity contribution in [2.45, 2.75) is 24.9 Å². The Morgan fingerprint density at radius 3 is 2.57 bits per heavy atom. The number of anilines is 1. The quantitative estimate of drug-likeness (QED) is 0.364. The molecule has 7 nitrogen and oxygen atoms in total. The molecular weight excluding hydrogens is 398 g/mol. The number of carbonyl (C=O) groups excluding carboxylic acids is 1. The molecule has 0 aliphatic carbocycles. The van der Waals surface area contributed by atoms with E-state index in [4.69, 9.17) is 0 Å². The molecule has 2 aromatic carbocycles. The number of nitrogens with zero attached hydrogens (tertiary/aromatic N) is 3. The fourth-order valence-corrected chi connectivity index (χ4v) is 3.66. The van der Waals surface area contributed by atoms with Crippen LogP contribution >= 0.6 is 11.8 Å². The number of hydrogen-bond donors (Lipinski definition) is 2. The fourth-order valence-electron chi connectivity index (χ4n) is 3.01. The number of rotatable bonds is 6. The largest absolute Gasteiger partial charge is 0.325 e. The molecule has 0 radical (unpaired) electrons. The lowest BCUT2D eigenvalue weighted by molar-refractivity contribution is -0.113. The van der Waals surface area contributed by atoms with Crippen molar-refractivity contribution in [2.75, 3.05) is 11.1 Å². The van der Waals surface area contributed by atoms with Crippen molar-refractivity contribution in [3.63, 3.8) is 0 Å². The summed E-state index contributed by atoms with van der Waals surface area (Å²) in [7, 11) is 0. The molecule has 4 aromatic rings. The van der Waals surface area contributed by atoms with Crippen LogP contribution < -0.4 is 10.9 Å². The lowest BCUT2D eigenvalue weighted by Crippen LogP contribution is -2.15. The molecule has 152 valence electrons. The van der Waals surface area contributed by atoms with Crippen molar-refractivity contribution in [3.8, 4) is 5.69 Å². The number of aromatic nitrogens is 4. The molecule has 4 rings (SSSR count). The summed E-state index contributed by atoms with van der Waals surface area (Å²) in [6.07, 6.45) is 1.50. The van der Waals surface area contributed by atoms with Crippen molar-refractivity contribution in [2.24, 2.45) is 0 Å². The van der Waals surface area contributed by atoms with Gasteiger partial charge < -0.3 is 10.3 Å². The number of carbonyl (C=O) groups is 1. The summed E-state index contributed by atoms with van der Waals surface area (Å²) in [5.41, 5.74) is 2.94. The van der Waals surface area contributed by atoms with E-state index in [0.717, 1.165) is 11.4 Å². The summed E-state index contributed by atoms with van der Waals surface area (Å²) in [6, 6.07) is 17.3. The Kier molecular flexibility index (Phi) is 5.67. The summed E-state index contributed by atoms with van der Waals surface area (Å²) in [6.45, 7) is 4.25. The van der Waals surface area contributed by atoms with Crippen molar-refractivity contribution >= 4 is 34.4 Å². The average Bonchev–Trinajstić information content (AvgIpc) is 3.18. The highest BCUT2D eigenvalue weighted by Gasteiger charge is 2.13. The molecule has 8 heteroatoms. The molecule has 0 unspecified atom stereocenters. The van der Waals surface area contributed by atoms with E-state index in [1.165, 1.54) is 23.5 Å². The van der Waals surface area contributed by atoms with Gasteiger partial charge in [-0.25, -0.2) is 9.67 Å². The van der Waals surface area contributed by atoms with Gasteiger partial charge in [-0.05, 0) is 35.7 Å². The summed E-state index contributed by atoms with van der Waals surface area (Å²) < 4.78 is 1.62. The molecule has 0 saturated carbocycles. The Morgan fingerprint density at radius 2 is 1.87 bits per heavy atom. The van der Waals surface area contributed by atoms with E-state index in [0.29, 0.717) is 22.1 Å². The minimum Gasteiger partial charge on any atom is -0.325 e. The highest BCUT2D eigenvalue weighted by Crippen LogP contribution is 2.19. The molecule has 30 heavy (non-hydrogen) atoms. The first-order valence-electron chi connectivity index (χ1n) is 9.57. The number of para-hydroxylation sites is 1. The molecule has 0 saturated heterocycles. The van der Waals surface area contributed by atoms with Gasteiger partial charge in [-0.1, -0.05) is 55.9 Å². The molecule has 0 aliphatic rings. The molecule has 0 spiro atoms. The smallest absolute Gasteiger partial charge is 0.262 e. The highest BCUT2D eigenvalue weighted by atomic mass is 32.2. The molecule has 2 heterocycles. The van der Waals surface area contributed by atoms with Crippen LogP contribution in [0, 0.1) is 0 Å². The van der Waals surface area contributed by atoms with Crippen LogP contribution in [0.15, 0.2) is 70.7 Å². The standard InChI is InChI=1S/C22H21N5O2S/c1-14(2)15-8-10-16(11-9-15)24-19(28)13-30-22-25-20-18(21(29)26-22)12-23-27(20)17-6-4-3-5-7-17/h3-12,14H,13H2,1-2H3,(H,24,28)(H,25,26,29). The monoisotopic (exact) mass is 419 g/mol. The van der Waals surface area contributed by atoms with Crippen molar-refractivity contribution in [1.29, 1.82) is 0 Å². The Bertz CT molecular complexity index is 1230. The van der Waals surface area contributed by atoms with E-state index in [-0.39, 0.29) is 17.2 Å². The zero-order valence-corrected chi connectivity index (χ0v) is 17.4. The Labute approximate surface area is 177 Å². The Balaban J connectivity index is 1.48. The summed E-state index contributed by atoms with van der Waals surface area (Å²) in [5.74, 6) is 0.392. The predicted octanol–water partition coefficient (Wildman–Crippen LogP) is 3.96. The van der Waals surface area contributed by atoms with Crippen molar-refractivity contribution in [3.05, 3.63) is 76.7 Å². The van der Waals surface area contributed by atoms with Crippen LogP contribution in [0.2, 0.25) is 0 Å². The van der Waals surface area contributed by atoms with Crippen LogP contribution in [0.1, 0.15) is 25.3 Å². The normalized spacial score (nSPS) is 11.2. The number of hydrogen-bond acceptors (Lipinski definition) is 5. The molecule has 0 bridgehead atoms. The summed E-state index contributed by atoms with van der Waals surface area (Å²) in [4.78, 5) is 32.0. The number of fused-ring (bicyclic) bond motifs is 1. The summed E-state index contributed by atoms with van der Waals surface area (Å²) >= 11 is 1.17. The molecule has 2 N–H and O–H groups in total. The number of H-pyrrole nitrogens is 1. The number of nitrogens with one attached hydrogen (secondary N) is 2. The van der Waals surface area contributed by atoms with Gasteiger partial charge in [-0.2, -0.15) is 5.10 Å². The van der Waals surface area contributed by atoms with Gasteiger partial charge in [0.15, 0.2) is 10.8 Å². The van der Waals surface area contributed by atoms with Gasteiger partial charge in [-0.15, -0.1) is 0 Å². The fraction of sp³-hybridized carbons (Fsp3) is 0.182. The second-order valence-electron chi connectivity index (χ2n) is 7.11. The number of thioether (sulfide) groups is 1. The number of benzene rings is 2. The molecule has 0 aliphatic heterocycles. The Morgan fingerprint density at radius 1 is 1.13 bits per heavy atom. The van der Waals surface area contributed by atoms with E-state index >= 15 is 0 Å². The van der Waals surface area contributed by atoms with Crippen LogP contribution in [0.25, 0.3) is 16.7 Å². The predicted molar refractivity (Wildman–Crippen MR) is 119 cm³/mol. The third-order valence-electron chi connectivity index (χ3n) is 4.62. The minimum absolute atomic E-state index is 0.125. The first-order chi connectivity index (χ1) is 14.5. The Hall–Kier alpha value is -3.39. The minimum atomic E-state index is -0.283. The average molecular weight is 420 g/mol. The van der Waals surface area contributed by atoms with Crippen LogP contribution in [-0.4, -0.2) is 31.4 Å². The van der Waals surface area contributed by atoms with Gasteiger partial charge >= 0.3 is 0 Å². The lowest BCUT2D eigenvalue weighted by atomic mass is 10.0. The van der Waals surface area contributed by atoms with E-state index < -0.39 is 0 Å². The third-order valence-corrected chi connectivity index (χ3v) is 5.49. The van der Waals surface area contributed by atoms with Crippen LogP contribution in [0.3, 0.4) is 0 Å². The first kappa shape index (κ1) is 19.9. The van der Waals surface area contributed by atoms with Crippen LogP contribution in [0.5, 0.6) is 0 Å². The lowest BCUT2D eigenvalue weighted by Gasteiger charge is -2.08. The van der Waals surface area contributed by atoms with Gasteiger partial charge in [0, 0.05) is 5.69 Å². The molecule has 0 fully saturated rings. The maximum Gasteiger partial charge on any atom is 0.262 e. The van der Waals surface area contributed by atoms with Gasteiger partial charge in [0.2, 0.25) is 5.91 Å². The van der Waals surface area contributed by atoms with Gasteiger partial charge in [-0.3, -0.25) is 9.59 Å². The second kappa shape index (κ2) is 8.54. The topological polar surface area (TPSA) is 92.7 Å². The first-order valence-corrected chi connectivity index (χ1v) is 10.6. The van der Waals surface area contributed by atoms with Crippen molar-refractivity contribution < 1.29 is 4.79 Å². The van der Waals surface area contributed by atoms with Crippen molar-refractivity contribution in [1.82, 2.24) is 19.7 Å². The molecule has 0 atom stereocenters. The number of aromatic amines is 1. The number of amides is 1. The second-order valence-corrected chi connectivity index (χ2v) is 8.08. The molecule has 1 amide bonds. The zero-order valence-electron chi connectivity index (χ0n) is 16.6. The molecular formula is C22H21N5O2S. The molecule has 2 aromatic heterocycles. The summed E-state index contributed by atoms with van der Waals surface area (Å²) in [5, 5.41) is 7.92. The maximum atomic E-state index is 12.4. The van der Waals surface area contributed by atoms with Gasteiger partial charge in [0.05, 0.1) is 17.6 Å². The maximum absolute atomic E-state index is 12.4. The van der Waals surface area contributed by atoms with E-state index in [9.17, 15) is 9.59 Å². The third kappa shape index (κ3) is 4.28. The zero-order chi connectivity index (χ0) is 21.1. The van der Waals surface area contributed by atoms with Crippen LogP contribution in [-0.2, 0) is 4.79 Å². The highest BCUT2D eigenvalue weighted by molar-refractivity contribution is 7.99. The van der Waals surface area contributed by atoms with E-state index in [1.807, 2.05) is 54.6 Å². The van der Waals surface area contributed by atoms with Crippen LogP contribution in [0.4, 0.5) is 5.69 Å². The van der Waals surface area contributed by atoms with Gasteiger partial charge in [0.25, 0.3) is 5.56 Å². The van der Waals surface area contributed by atoms with Gasteiger partial charge in [0.1, 0.15) is 5.39 Å².